The highest BCUT2D eigenvalue weighted by Gasteiger charge is 2.04. The van der Waals surface area contributed by atoms with Gasteiger partial charge in [-0.15, -0.1) is 11.3 Å². The summed E-state index contributed by atoms with van der Waals surface area (Å²) >= 11 is 1.55. The Morgan fingerprint density at radius 2 is 2.13 bits per heavy atom. The lowest BCUT2D eigenvalue weighted by Crippen LogP contribution is -2.12. The standard InChI is InChI=1S/C10H10N4S/c11-9(12)5-8-6-15-10(14-8)7-1-3-13-4-2-7/h1-4,6H,5H2,(H3,11,12). The van der Waals surface area contributed by atoms with E-state index < -0.39 is 0 Å². The quantitative estimate of drug-likeness (QED) is 0.608. The van der Waals surface area contributed by atoms with E-state index in [1.807, 2.05) is 17.5 Å². The van der Waals surface area contributed by atoms with Crippen LogP contribution in [0, 0.1) is 5.41 Å². The molecular weight excluding hydrogens is 208 g/mol. The van der Waals surface area contributed by atoms with Gasteiger partial charge in [-0.1, -0.05) is 0 Å². The first-order valence-electron chi connectivity index (χ1n) is 4.43. The van der Waals surface area contributed by atoms with E-state index in [0.717, 1.165) is 16.3 Å². The van der Waals surface area contributed by atoms with Crippen molar-refractivity contribution in [2.75, 3.05) is 0 Å². The molecule has 3 N–H and O–H groups in total. The van der Waals surface area contributed by atoms with E-state index in [4.69, 9.17) is 11.1 Å². The van der Waals surface area contributed by atoms with Crippen molar-refractivity contribution >= 4 is 17.2 Å². The molecule has 2 aromatic heterocycles. The number of hydrogen-bond acceptors (Lipinski definition) is 4. The summed E-state index contributed by atoms with van der Waals surface area (Å²) in [5, 5.41) is 10.0. The molecule has 5 heteroatoms. The molecule has 0 aliphatic carbocycles. The molecule has 0 aromatic carbocycles. The van der Waals surface area contributed by atoms with E-state index in [0.29, 0.717) is 6.42 Å². The van der Waals surface area contributed by atoms with Gasteiger partial charge in [-0.3, -0.25) is 10.4 Å². The van der Waals surface area contributed by atoms with Crippen molar-refractivity contribution in [3.8, 4) is 10.6 Å². The molecule has 0 fully saturated rings. The number of aromatic nitrogens is 2. The van der Waals surface area contributed by atoms with Crippen molar-refractivity contribution < 1.29 is 0 Å². The molecule has 2 heterocycles. The highest BCUT2D eigenvalue weighted by Crippen LogP contribution is 2.22. The van der Waals surface area contributed by atoms with Gasteiger partial charge >= 0.3 is 0 Å². The highest BCUT2D eigenvalue weighted by molar-refractivity contribution is 7.13. The smallest absolute Gasteiger partial charge is 0.123 e. The second-order valence-electron chi connectivity index (χ2n) is 3.08. The number of rotatable bonds is 3. The minimum Gasteiger partial charge on any atom is -0.387 e. The van der Waals surface area contributed by atoms with Crippen LogP contribution in [0.5, 0.6) is 0 Å². The minimum absolute atomic E-state index is 0.140. The van der Waals surface area contributed by atoms with E-state index in [1.54, 1.807) is 23.7 Å². The van der Waals surface area contributed by atoms with Gasteiger partial charge in [0.15, 0.2) is 0 Å². The van der Waals surface area contributed by atoms with Crippen molar-refractivity contribution in [3.63, 3.8) is 0 Å². The maximum Gasteiger partial charge on any atom is 0.123 e. The van der Waals surface area contributed by atoms with Crippen LogP contribution in [0.15, 0.2) is 29.9 Å². The topological polar surface area (TPSA) is 75.7 Å². The summed E-state index contributed by atoms with van der Waals surface area (Å²) < 4.78 is 0. The lowest BCUT2D eigenvalue weighted by atomic mass is 10.3. The predicted molar refractivity (Wildman–Crippen MR) is 61.0 cm³/mol. The van der Waals surface area contributed by atoms with Crippen molar-refractivity contribution in [1.82, 2.24) is 9.97 Å². The molecule has 0 amide bonds. The van der Waals surface area contributed by atoms with Crippen LogP contribution >= 0.6 is 11.3 Å². The molecule has 2 aromatic rings. The molecule has 0 bridgehead atoms. The number of nitrogens with zero attached hydrogens (tertiary/aromatic N) is 2. The van der Waals surface area contributed by atoms with Gasteiger partial charge in [0.1, 0.15) is 5.01 Å². The molecule has 0 radical (unpaired) electrons. The molecule has 15 heavy (non-hydrogen) atoms. The number of hydrogen-bond donors (Lipinski definition) is 2. The Morgan fingerprint density at radius 3 is 2.80 bits per heavy atom. The third kappa shape index (κ3) is 2.38. The maximum absolute atomic E-state index is 7.18. The predicted octanol–water partition coefficient (Wildman–Crippen LogP) is 1.68. The van der Waals surface area contributed by atoms with Crippen LogP contribution in [0.3, 0.4) is 0 Å². The fourth-order valence-electron chi connectivity index (χ4n) is 1.21. The van der Waals surface area contributed by atoms with E-state index in [2.05, 4.69) is 9.97 Å². The monoisotopic (exact) mass is 218 g/mol. The van der Waals surface area contributed by atoms with E-state index in [9.17, 15) is 0 Å². The van der Waals surface area contributed by atoms with Gasteiger partial charge in [0, 0.05) is 29.8 Å². The fourth-order valence-corrected chi connectivity index (χ4v) is 2.04. The minimum atomic E-state index is 0.140. The average Bonchev–Trinajstić information content (AvgIpc) is 2.67. The summed E-state index contributed by atoms with van der Waals surface area (Å²) in [5.41, 5.74) is 7.20. The zero-order valence-corrected chi connectivity index (χ0v) is 8.79. The first kappa shape index (κ1) is 9.79. The van der Waals surface area contributed by atoms with Gasteiger partial charge in [0.05, 0.1) is 11.5 Å². The largest absolute Gasteiger partial charge is 0.387 e. The molecule has 0 atom stereocenters. The van der Waals surface area contributed by atoms with Crippen molar-refractivity contribution in [3.05, 3.63) is 35.6 Å². The SMILES string of the molecule is N=C(N)Cc1csc(-c2ccncc2)n1. The van der Waals surface area contributed by atoms with Crippen LogP contribution in [0.25, 0.3) is 10.6 Å². The zero-order chi connectivity index (χ0) is 10.7. The zero-order valence-electron chi connectivity index (χ0n) is 7.97. The molecule has 0 saturated heterocycles. The van der Waals surface area contributed by atoms with Gasteiger partial charge in [0.2, 0.25) is 0 Å². The molecule has 0 aliphatic heterocycles. The van der Waals surface area contributed by atoms with Crippen molar-refractivity contribution in [2.24, 2.45) is 5.73 Å². The molecule has 76 valence electrons. The third-order valence-electron chi connectivity index (χ3n) is 1.85. The van der Waals surface area contributed by atoms with Gasteiger partial charge in [0.25, 0.3) is 0 Å². The van der Waals surface area contributed by atoms with Crippen LogP contribution < -0.4 is 5.73 Å². The van der Waals surface area contributed by atoms with Gasteiger partial charge in [-0.05, 0) is 12.1 Å². The van der Waals surface area contributed by atoms with Gasteiger partial charge in [-0.2, -0.15) is 0 Å². The number of pyridine rings is 1. The summed E-state index contributed by atoms with van der Waals surface area (Å²) in [6.45, 7) is 0. The average molecular weight is 218 g/mol. The summed E-state index contributed by atoms with van der Waals surface area (Å²) in [6.07, 6.45) is 3.89. The lowest BCUT2D eigenvalue weighted by Gasteiger charge is -1.94. The highest BCUT2D eigenvalue weighted by atomic mass is 32.1. The molecule has 0 aliphatic rings. The maximum atomic E-state index is 7.18. The molecular formula is C10H10N4S. The summed E-state index contributed by atoms with van der Waals surface area (Å²) in [6, 6.07) is 3.83. The van der Waals surface area contributed by atoms with Crippen LogP contribution in [0.2, 0.25) is 0 Å². The second-order valence-corrected chi connectivity index (χ2v) is 3.94. The van der Waals surface area contributed by atoms with Crippen LogP contribution in [0.1, 0.15) is 5.69 Å². The number of nitrogens with one attached hydrogen (secondary N) is 1. The van der Waals surface area contributed by atoms with Crippen molar-refractivity contribution in [2.45, 2.75) is 6.42 Å². The summed E-state index contributed by atoms with van der Waals surface area (Å²) in [7, 11) is 0. The normalized spacial score (nSPS) is 10.1. The molecule has 2 rings (SSSR count). The Bertz CT molecular complexity index is 463. The second kappa shape index (κ2) is 4.18. The molecule has 0 saturated carbocycles. The fraction of sp³-hybridized carbons (Fsp3) is 0.100. The van der Waals surface area contributed by atoms with Gasteiger partial charge in [-0.25, -0.2) is 4.98 Å². The number of amidine groups is 1. The first-order valence-corrected chi connectivity index (χ1v) is 5.31. The van der Waals surface area contributed by atoms with Crippen molar-refractivity contribution in [1.29, 1.82) is 5.41 Å². The Morgan fingerprint density at radius 1 is 1.40 bits per heavy atom. The lowest BCUT2D eigenvalue weighted by molar-refractivity contribution is 1.16. The molecule has 0 spiro atoms. The van der Waals surface area contributed by atoms with Crippen LogP contribution in [-0.2, 0) is 6.42 Å². The van der Waals surface area contributed by atoms with Gasteiger partial charge < -0.3 is 5.73 Å². The Balaban J connectivity index is 2.24. The summed E-state index contributed by atoms with van der Waals surface area (Å²) in [5.74, 6) is 0.140. The molecule has 0 unspecified atom stereocenters. The molecule has 4 nitrogen and oxygen atoms in total. The number of thiazole rings is 1. The number of nitrogens with two attached hydrogens (primary N) is 1. The Labute approximate surface area is 91.3 Å². The van der Waals surface area contributed by atoms with E-state index in [-0.39, 0.29) is 5.84 Å². The third-order valence-corrected chi connectivity index (χ3v) is 2.79. The van der Waals surface area contributed by atoms with Crippen LogP contribution in [0.4, 0.5) is 0 Å². The summed E-state index contributed by atoms with van der Waals surface area (Å²) in [4.78, 5) is 8.34. The van der Waals surface area contributed by atoms with E-state index >= 15 is 0 Å². The van der Waals surface area contributed by atoms with E-state index in [1.165, 1.54) is 0 Å². The Hall–Kier alpha value is -1.75. The van der Waals surface area contributed by atoms with Crippen LogP contribution in [-0.4, -0.2) is 15.8 Å². The first-order chi connectivity index (χ1) is 7.25. The Kier molecular flexibility index (Phi) is 2.73.